The quantitative estimate of drug-likeness (QED) is 0.571. The van der Waals surface area contributed by atoms with Crippen LogP contribution in [0.4, 0.5) is 0 Å². The fraction of sp³-hybridized carbons (Fsp3) is 0.941. The first-order valence-electron chi connectivity index (χ1n) is 8.36. The average molecular weight is 280 g/mol. The van der Waals surface area contributed by atoms with Gasteiger partial charge in [0.25, 0.3) is 0 Å². The van der Waals surface area contributed by atoms with E-state index in [-0.39, 0.29) is 18.7 Å². The number of carbonyl (C=O) groups excluding carboxylic acids is 1. The van der Waals surface area contributed by atoms with Crippen molar-refractivity contribution in [3.63, 3.8) is 0 Å². The van der Waals surface area contributed by atoms with Gasteiger partial charge in [0.1, 0.15) is 0 Å². The molecule has 0 heterocycles. The largest absolute Gasteiger partial charge is 0.438 e. The average Bonchev–Trinajstić information content (AvgIpc) is 3.13. The molecule has 0 radical (unpaired) electrons. The van der Waals surface area contributed by atoms with E-state index < -0.39 is 0 Å². The van der Waals surface area contributed by atoms with Crippen LogP contribution in [0.3, 0.4) is 0 Å². The third-order valence-electron chi connectivity index (χ3n) is 6.50. The zero-order valence-electron chi connectivity index (χ0n) is 13.0. The van der Waals surface area contributed by atoms with Crippen molar-refractivity contribution in [3.8, 4) is 0 Å². The Labute approximate surface area is 122 Å². The van der Waals surface area contributed by atoms with Crippen molar-refractivity contribution in [1.82, 2.24) is 0 Å². The Balaban J connectivity index is 1.73. The van der Waals surface area contributed by atoms with Gasteiger partial charge in [-0.25, -0.2) is 0 Å². The molecule has 3 aliphatic carbocycles. The molecule has 0 aromatic carbocycles. The predicted octanol–water partition coefficient (Wildman–Crippen LogP) is 3.48. The van der Waals surface area contributed by atoms with Crippen LogP contribution in [0, 0.1) is 41.4 Å². The molecule has 0 aliphatic heterocycles. The fourth-order valence-electron chi connectivity index (χ4n) is 5.89. The van der Waals surface area contributed by atoms with Crippen molar-refractivity contribution < 1.29 is 14.3 Å². The van der Waals surface area contributed by atoms with E-state index in [0.29, 0.717) is 5.92 Å². The van der Waals surface area contributed by atoms with E-state index in [1.165, 1.54) is 25.7 Å². The third kappa shape index (κ3) is 2.09. The minimum absolute atomic E-state index is 0.00685. The van der Waals surface area contributed by atoms with E-state index in [0.717, 1.165) is 36.0 Å². The fourth-order valence-corrected chi connectivity index (χ4v) is 5.89. The van der Waals surface area contributed by atoms with Gasteiger partial charge in [-0.2, -0.15) is 0 Å². The molecule has 0 amide bonds. The summed E-state index contributed by atoms with van der Waals surface area (Å²) < 4.78 is 10.1. The van der Waals surface area contributed by atoms with E-state index in [9.17, 15) is 4.79 Å². The molecule has 2 bridgehead atoms. The number of hydrogen-bond acceptors (Lipinski definition) is 3. The molecule has 0 saturated heterocycles. The smallest absolute Gasteiger partial charge is 0.311 e. The van der Waals surface area contributed by atoms with E-state index in [1.54, 1.807) is 7.11 Å². The molecule has 3 saturated carbocycles. The summed E-state index contributed by atoms with van der Waals surface area (Å²) in [5.41, 5.74) is 0. The highest BCUT2D eigenvalue weighted by atomic mass is 16.7. The molecule has 3 nitrogen and oxygen atoms in total. The van der Waals surface area contributed by atoms with E-state index in [2.05, 4.69) is 13.8 Å². The molecule has 7 unspecified atom stereocenters. The molecular weight excluding hydrogens is 252 g/mol. The summed E-state index contributed by atoms with van der Waals surface area (Å²) in [4.78, 5) is 12.2. The highest BCUT2D eigenvalue weighted by molar-refractivity contribution is 5.73. The maximum atomic E-state index is 12.2. The van der Waals surface area contributed by atoms with Crippen LogP contribution in [-0.2, 0) is 14.3 Å². The molecule has 3 fully saturated rings. The monoisotopic (exact) mass is 280 g/mol. The van der Waals surface area contributed by atoms with Crippen molar-refractivity contribution in [3.05, 3.63) is 0 Å². The van der Waals surface area contributed by atoms with E-state index in [1.807, 2.05) is 0 Å². The minimum atomic E-state index is -0.00685. The molecule has 7 atom stereocenters. The van der Waals surface area contributed by atoms with Crippen LogP contribution in [-0.4, -0.2) is 19.9 Å². The van der Waals surface area contributed by atoms with Crippen molar-refractivity contribution in [2.75, 3.05) is 13.9 Å². The van der Waals surface area contributed by atoms with Gasteiger partial charge in [-0.15, -0.1) is 0 Å². The topological polar surface area (TPSA) is 35.5 Å². The maximum Gasteiger partial charge on any atom is 0.311 e. The lowest BCUT2D eigenvalue weighted by atomic mass is 9.70. The molecule has 20 heavy (non-hydrogen) atoms. The first kappa shape index (κ1) is 14.4. The second-order valence-corrected chi connectivity index (χ2v) is 7.10. The summed E-state index contributed by atoms with van der Waals surface area (Å²) in [5, 5.41) is 0. The van der Waals surface area contributed by atoms with Gasteiger partial charge in [0.05, 0.1) is 5.92 Å². The van der Waals surface area contributed by atoms with Crippen LogP contribution in [0.5, 0.6) is 0 Å². The van der Waals surface area contributed by atoms with Gasteiger partial charge in [-0.1, -0.05) is 26.7 Å². The Morgan fingerprint density at radius 3 is 2.40 bits per heavy atom. The van der Waals surface area contributed by atoms with E-state index in [4.69, 9.17) is 9.47 Å². The number of fused-ring (bicyclic) bond motifs is 5. The predicted molar refractivity (Wildman–Crippen MR) is 76.8 cm³/mol. The number of ether oxygens (including phenoxy) is 2. The second-order valence-electron chi connectivity index (χ2n) is 7.10. The summed E-state index contributed by atoms with van der Waals surface area (Å²) in [6.07, 6.45) is 6.34. The van der Waals surface area contributed by atoms with Crippen LogP contribution >= 0.6 is 0 Å². The van der Waals surface area contributed by atoms with Gasteiger partial charge < -0.3 is 9.47 Å². The Morgan fingerprint density at radius 1 is 1.05 bits per heavy atom. The lowest BCUT2D eigenvalue weighted by Crippen LogP contribution is -2.34. The van der Waals surface area contributed by atoms with Crippen LogP contribution < -0.4 is 0 Å². The summed E-state index contributed by atoms with van der Waals surface area (Å²) in [6.45, 7) is 4.77. The van der Waals surface area contributed by atoms with Crippen LogP contribution in [0.1, 0.15) is 46.0 Å². The second kappa shape index (κ2) is 5.67. The Kier molecular flexibility index (Phi) is 4.07. The zero-order valence-corrected chi connectivity index (χ0v) is 13.0. The summed E-state index contributed by atoms with van der Waals surface area (Å²) in [6, 6.07) is 0. The Morgan fingerprint density at radius 2 is 1.75 bits per heavy atom. The number of carbonyl (C=O) groups is 1. The molecule has 0 aromatic rings. The van der Waals surface area contributed by atoms with Crippen molar-refractivity contribution in [2.45, 2.75) is 46.0 Å². The molecule has 3 heteroatoms. The first-order chi connectivity index (χ1) is 9.71. The van der Waals surface area contributed by atoms with Gasteiger partial charge in [-0.05, 0) is 54.8 Å². The summed E-state index contributed by atoms with van der Waals surface area (Å²) in [5.74, 6) is 4.98. The number of rotatable bonds is 5. The Hall–Kier alpha value is -0.570. The van der Waals surface area contributed by atoms with Crippen LogP contribution in [0.25, 0.3) is 0 Å². The van der Waals surface area contributed by atoms with Gasteiger partial charge in [0.15, 0.2) is 6.79 Å². The zero-order chi connectivity index (χ0) is 14.3. The molecule has 3 rings (SSSR count). The van der Waals surface area contributed by atoms with Crippen molar-refractivity contribution in [2.24, 2.45) is 41.4 Å². The van der Waals surface area contributed by atoms with Crippen LogP contribution in [0.2, 0.25) is 0 Å². The maximum absolute atomic E-state index is 12.2. The molecule has 0 aromatic heterocycles. The lowest BCUT2D eigenvalue weighted by molar-refractivity contribution is -0.162. The molecule has 3 aliphatic rings. The lowest BCUT2D eigenvalue weighted by Gasteiger charge is -2.34. The summed E-state index contributed by atoms with van der Waals surface area (Å²) in [7, 11) is 1.57. The molecule has 114 valence electrons. The normalized spacial score (nSPS) is 45.6. The highest BCUT2D eigenvalue weighted by Crippen LogP contribution is 2.65. The molecular formula is C17H28O3. The number of methoxy groups -OCH3 is 1. The van der Waals surface area contributed by atoms with Crippen molar-refractivity contribution in [1.29, 1.82) is 0 Å². The number of esters is 1. The van der Waals surface area contributed by atoms with Gasteiger partial charge in [0, 0.05) is 7.11 Å². The van der Waals surface area contributed by atoms with Gasteiger partial charge >= 0.3 is 5.97 Å². The SMILES string of the molecule is CCC1CC(CC)C2C3CC(CC3C(=O)OCOC)C12. The highest BCUT2D eigenvalue weighted by Gasteiger charge is 2.61. The third-order valence-corrected chi connectivity index (χ3v) is 6.50. The van der Waals surface area contributed by atoms with Gasteiger partial charge in [0.2, 0.25) is 0 Å². The summed E-state index contributed by atoms with van der Waals surface area (Å²) >= 11 is 0. The van der Waals surface area contributed by atoms with Crippen molar-refractivity contribution >= 4 is 5.97 Å². The molecule has 0 N–H and O–H groups in total. The van der Waals surface area contributed by atoms with E-state index >= 15 is 0 Å². The minimum Gasteiger partial charge on any atom is -0.438 e. The number of hydrogen-bond donors (Lipinski definition) is 0. The Bertz CT molecular complexity index is 367. The van der Waals surface area contributed by atoms with Gasteiger partial charge in [-0.3, -0.25) is 4.79 Å². The molecule has 0 spiro atoms. The van der Waals surface area contributed by atoms with Crippen LogP contribution in [0.15, 0.2) is 0 Å². The first-order valence-corrected chi connectivity index (χ1v) is 8.36. The standard InChI is InChI=1S/C17H28O3/c1-4-10-6-11(5-2)16-13-7-12(15(10)16)8-14(13)17(18)20-9-19-3/h10-16H,4-9H2,1-3H3.